The zero-order chi connectivity index (χ0) is 22.1. The minimum Gasteiger partial charge on any atom is -0.383 e. The second-order valence-corrected chi connectivity index (χ2v) is 8.38. The van der Waals surface area contributed by atoms with Crippen molar-refractivity contribution in [1.82, 2.24) is 20.2 Å². The smallest absolute Gasteiger partial charge is 0.223 e. The van der Waals surface area contributed by atoms with E-state index in [1.807, 2.05) is 12.3 Å². The van der Waals surface area contributed by atoms with Gasteiger partial charge < -0.3 is 20.3 Å². The number of benzene rings is 1. The Bertz CT molecular complexity index is 836. The van der Waals surface area contributed by atoms with Crippen LogP contribution in [0.2, 0.25) is 0 Å². The Morgan fingerprint density at radius 1 is 1.19 bits per heavy atom. The number of hydrogen-bond acceptors (Lipinski definition) is 6. The standard InChI is InChI=1S/C24H35N5O2/c1-18-4-5-20(16-19(18)11-14-29(2)17-30)23-10-12-26-24(28-23)27-22-8-6-21(7-9-22)25-13-15-31-3/h4-5,10,12,16-17,21-22,25H,6-9,11,13-15H2,1-3H3,(H,26,27,28). The van der Waals surface area contributed by atoms with Crippen LogP contribution in [0.25, 0.3) is 11.3 Å². The first kappa shape index (κ1) is 23.2. The molecule has 1 aromatic carbocycles. The molecule has 0 spiro atoms. The zero-order valence-electron chi connectivity index (χ0n) is 18.9. The van der Waals surface area contributed by atoms with E-state index in [1.54, 1.807) is 19.1 Å². The van der Waals surface area contributed by atoms with Gasteiger partial charge in [-0.2, -0.15) is 0 Å². The molecular weight excluding hydrogens is 390 g/mol. The number of nitrogens with zero attached hydrogens (tertiary/aromatic N) is 3. The normalized spacial score (nSPS) is 18.5. The highest BCUT2D eigenvalue weighted by Crippen LogP contribution is 2.24. The maximum absolute atomic E-state index is 10.9. The first-order valence-electron chi connectivity index (χ1n) is 11.2. The molecular formula is C24H35N5O2. The predicted molar refractivity (Wildman–Crippen MR) is 124 cm³/mol. The monoisotopic (exact) mass is 425 g/mol. The molecule has 0 saturated heterocycles. The van der Waals surface area contributed by atoms with Gasteiger partial charge in [-0.3, -0.25) is 4.79 Å². The van der Waals surface area contributed by atoms with Crippen LogP contribution in [-0.2, 0) is 16.0 Å². The minimum atomic E-state index is 0.406. The number of ether oxygens (including phenoxy) is 1. The fourth-order valence-corrected chi connectivity index (χ4v) is 4.03. The number of aryl methyl sites for hydroxylation is 1. The summed E-state index contributed by atoms with van der Waals surface area (Å²) in [5.74, 6) is 0.691. The summed E-state index contributed by atoms with van der Waals surface area (Å²) < 4.78 is 5.12. The number of carbonyl (C=O) groups is 1. The van der Waals surface area contributed by atoms with Crippen molar-refractivity contribution < 1.29 is 9.53 Å². The molecule has 1 fully saturated rings. The van der Waals surface area contributed by atoms with Gasteiger partial charge in [-0.15, -0.1) is 0 Å². The molecule has 1 aliphatic carbocycles. The average Bonchev–Trinajstić information content (AvgIpc) is 2.80. The summed E-state index contributed by atoms with van der Waals surface area (Å²) in [6.07, 6.45) is 8.03. The lowest BCUT2D eigenvalue weighted by Gasteiger charge is -2.29. The van der Waals surface area contributed by atoms with Crippen LogP contribution in [0, 0.1) is 6.92 Å². The van der Waals surface area contributed by atoms with Gasteiger partial charge in [0, 0.05) is 51.1 Å². The molecule has 0 bridgehead atoms. The largest absolute Gasteiger partial charge is 0.383 e. The van der Waals surface area contributed by atoms with Gasteiger partial charge in [0.05, 0.1) is 12.3 Å². The fourth-order valence-electron chi connectivity index (χ4n) is 4.03. The van der Waals surface area contributed by atoms with E-state index in [0.29, 0.717) is 24.6 Å². The number of carbonyl (C=O) groups excluding carboxylic acids is 1. The molecule has 0 aliphatic heterocycles. The maximum Gasteiger partial charge on any atom is 0.223 e. The van der Waals surface area contributed by atoms with E-state index in [9.17, 15) is 4.79 Å². The highest BCUT2D eigenvalue weighted by molar-refractivity contribution is 5.62. The Morgan fingerprint density at radius 2 is 1.97 bits per heavy atom. The molecule has 1 amide bonds. The highest BCUT2D eigenvalue weighted by Gasteiger charge is 2.21. The Balaban J connectivity index is 1.60. The van der Waals surface area contributed by atoms with Gasteiger partial charge in [0.1, 0.15) is 0 Å². The van der Waals surface area contributed by atoms with Gasteiger partial charge in [-0.1, -0.05) is 12.1 Å². The Morgan fingerprint density at radius 3 is 2.71 bits per heavy atom. The number of amides is 1. The highest BCUT2D eigenvalue weighted by atomic mass is 16.5. The van der Waals surface area contributed by atoms with E-state index >= 15 is 0 Å². The van der Waals surface area contributed by atoms with Crippen molar-refractivity contribution in [1.29, 1.82) is 0 Å². The average molecular weight is 426 g/mol. The molecule has 1 saturated carbocycles. The summed E-state index contributed by atoms with van der Waals surface area (Å²) in [7, 11) is 3.54. The van der Waals surface area contributed by atoms with Crippen LogP contribution in [0.4, 0.5) is 5.95 Å². The maximum atomic E-state index is 10.9. The summed E-state index contributed by atoms with van der Waals surface area (Å²) in [4.78, 5) is 21.8. The predicted octanol–water partition coefficient (Wildman–Crippen LogP) is 3.04. The molecule has 0 radical (unpaired) electrons. The van der Waals surface area contributed by atoms with Crippen molar-refractivity contribution in [2.75, 3.05) is 39.2 Å². The second kappa shape index (κ2) is 11.8. The second-order valence-electron chi connectivity index (χ2n) is 8.38. The van der Waals surface area contributed by atoms with Crippen molar-refractivity contribution in [2.45, 2.75) is 51.1 Å². The van der Waals surface area contributed by atoms with Gasteiger partial charge in [0.15, 0.2) is 0 Å². The molecule has 1 heterocycles. The van der Waals surface area contributed by atoms with E-state index in [4.69, 9.17) is 9.72 Å². The van der Waals surface area contributed by atoms with Crippen molar-refractivity contribution in [3.63, 3.8) is 0 Å². The Labute approximate surface area is 185 Å². The summed E-state index contributed by atoms with van der Waals surface area (Å²) in [6, 6.07) is 9.34. The first-order valence-corrected chi connectivity index (χ1v) is 11.2. The van der Waals surface area contributed by atoms with Crippen molar-refractivity contribution in [3.8, 4) is 11.3 Å². The van der Waals surface area contributed by atoms with Crippen LogP contribution in [0.1, 0.15) is 36.8 Å². The van der Waals surface area contributed by atoms with Crippen LogP contribution in [0.3, 0.4) is 0 Å². The van der Waals surface area contributed by atoms with Crippen LogP contribution in [0.15, 0.2) is 30.5 Å². The van der Waals surface area contributed by atoms with E-state index in [2.05, 4.69) is 40.7 Å². The Kier molecular flexibility index (Phi) is 8.79. The van der Waals surface area contributed by atoms with Gasteiger partial charge in [-0.05, 0) is 62.3 Å². The number of methoxy groups -OCH3 is 1. The molecule has 0 unspecified atom stereocenters. The van der Waals surface area contributed by atoms with Gasteiger partial charge in [-0.25, -0.2) is 9.97 Å². The van der Waals surface area contributed by atoms with Crippen LogP contribution >= 0.6 is 0 Å². The van der Waals surface area contributed by atoms with E-state index < -0.39 is 0 Å². The van der Waals surface area contributed by atoms with E-state index in [0.717, 1.165) is 62.9 Å². The zero-order valence-corrected chi connectivity index (χ0v) is 18.9. The lowest BCUT2D eigenvalue weighted by Crippen LogP contribution is -2.38. The molecule has 168 valence electrons. The van der Waals surface area contributed by atoms with E-state index in [1.165, 1.54) is 11.1 Å². The van der Waals surface area contributed by atoms with Gasteiger partial charge in [0.2, 0.25) is 12.4 Å². The lowest BCUT2D eigenvalue weighted by molar-refractivity contribution is -0.116. The van der Waals surface area contributed by atoms with Crippen molar-refractivity contribution in [2.24, 2.45) is 0 Å². The molecule has 0 atom stereocenters. The lowest BCUT2D eigenvalue weighted by atomic mass is 9.91. The van der Waals surface area contributed by atoms with Gasteiger partial charge in [0.25, 0.3) is 0 Å². The number of nitrogens with one attached hydrogen (secondary N) is 2. The Hall–Kier alpha value is -2.51. The summed E-state index contributed by atoms with van der Waals surface area (Å²) in [6.45, 7) is 4.47. The quantitative estimate of drug-likeness (QED) is 0.426. The number of likely N-dealkylation sites (N-methyl/N-ethyl adjacent to an activating group) is 1. The SMILES string of the molecule is COCCNC1CCC(Nc2nccc(-c3ccc(C)c(CCN(C)C=O)c3)n2)CC1. The molecule has 2 N–H and O–H groups in total. The molecule has 1 aliphatic rings. The molecule has 3 rings (SSSR count). The summed E-state index contributed by atoms with van der Waals surface area (Å²) >= 11 is 0. The molecule has 7 nitrogen and oxygen atoms in total. The number of aromatic nitrogens is 2. The number of rotatable bonds is 11. The number of hydrogen-bond donors (Lipinski definition) is 2. The van der Waals surface area contributed by atoms with Crippen LogP contribution in [-0.4, -0.2) is 67.2 Å². The number of anilines is 1. The first-order chi connectivity index (χ1) is 15.1. The van der Waals surface area contributed by atoms with E-state index in [-0.39, 0.29) is 0 Å². The third-order valence-corrected chi connectivity index (χ3v) is 6.01. The fraction of sp³-hybridized carbons (Fsp3) is 0.542. The topological polar surface area (TPSA) is 79.4 Å². The summed E-state index contributed by atoms with van der Waals surface area (Å²) in [5, 5.41) is 7.09. The minimum absolute atomic E-state index is 0.406. The summed E-state index contributed by atoms with van der Waals surface area (Å²) in [5.41, 5.74) is 4.45. The van der Waals surface area contributed by atoms with Crippen molar-refractivity contribution in [3.05, 3.63) is 41.6 Å². The molecule has 1 aromatic heterocycles. The third-order valence-electron chi connectivity index (χ3n) is 6.01. The van der Waals surface area contributed by atoms with Crippen LogP contribution in [0.5, 0.6) is 0 Å². The van der Waals surface area contributed by atoms with Crippen LogP contribution < -0.4 is 10.6 Å². The molecule has 31 heavy (non-hydrogen) atoms. The molecule has 7 heteroatoms. The molecule has 2 aromatic rings. The third kappa shape index (κ3) is 7.01. The van der Waals surface area contributed by atoms with Gasteiger partial charge >= 0.3 is 0 Å². The van der Waals surface area contributed by atoms with Crippen molar-refractivity contribution >= 4 is 12.4 Å².